The van der Waals surface area contributed by atoms with Gasteiger partial charge in [-0.05, 0) is 31.6 Å². The first-order valence-corrected chi connectivity index (χ1v) is 6.33. The third-order valence-electron chi connectivity index (χ3n) is 2.85. The van der Waals surface area contributed by atoms with E-state index in [9.17, 15) is 4.79 Å². The lowest BCUT2D eigenvalue weighted by Gasteiger charge is -2.18. The van der Waals surface area contributed by atoms with Gasteiger partial charge >= 0.3 is 0 Å². The van der Waals surface area contributed by atoms with E-state index in [1.54, 1.807) is 6.92 Å². The molecule has 0 radical (unpaired) electrons. The van der Waals surface area contributed by atoms with Crippen LogP contribution in [0.15, 0.2) is 10.8 Å². The van der Waals surface area contributed by atoms with Crippen LogP contribution in [-0.4, -0.2) is 29.1 Å². The molecular weight excluding hydrogens is 232 g/mol. The van der Waals surface area contributed by atoms with Crippen LogP contribution in [0.2, 0.25) is 0 Å². The molecule has 18 heavy (non-hydrogen) atoms. The average molecular weight is 254 g/mol. The van der Waals surface area contributed by atoms with E-state index in [0.717, 1.165) is 6.42 Å². The number of aryl methyl sites for hydroxylation is 1. The highest BCUT2D eigenvalue weighted by Gasteiger charge is 2.16. The van der Waals surface area contributed by atoms with E-state index in [1.165, 1.54) is 6.39 Å². The summed E-state index contributed by atoms with van der Waals surface area (Å²) in [5.74, 6) is 1.15. The van der Waals surface area contributed by atoms with Crippen LogP contribution >= 0.6 is 0 Å². The fraction of sp³-hybridized carbons (Fsp3) is 0.692. The summed E-state index contributed by atoms with van der Waals surface area (Å²) in [5.41, 5.74) is 0.335. The molecule has 2 N–H and O–H groups in total. The molecule has 1 aromatic rings. The summed E-state index contributed by atoms with van der Waals surface area (Å²) in [5, 5.41) is 11.8. The van der Waals surface area contributed by atoms with Gasteiger partial charge in [0, 0.05) is 13.2 Å². The normalized spacial score (nSPS) is 12.7. The number of aliphatic hydroxyl groups excluding tert-OH is 1. The fourth-order valence-corrected chi connectivity index (χ4v) is 2.00. The summed E-state index contributed by atoms with van der Waals surface area (Å²) < 4.78 is 4.99. The van der Waals surface area contributed by atoms with Crippen molar-refractivity contribution >= 4 is 5.91 Å². The second-order valence-corrected chi connectivity index (χ2v) is 4.98. The summed E-state index contributed by atoms with van der Waals surface area (Å²) in [6.07, 6.45) is 2.96. The number of amides is 1. The van der Waals surface area contributed by atoms with E-state index in [4.69, 9.17) is 9.52 Å². The maximum atomic E-state index is 11.8. The number of aromatic nitrogens is 1. The average Bonchev–Trinajstić information content (AvgIpc) is 2.71. The molecule has 0 aliphatic rings. The Morgan fingerprint density at radius 1 is 1.56 bits per heavy atom. The number of nitrogens with zero attached hydrogens (tertiary/aromatic N) is 1. The summed E-state index contributed by atoms with van der Waals surface area (Å²) >= 11 is 0. The molecule has 1 unspecified atom stereocenters. The van der Waals surface area contributed by atoms with Crippen molar-refractivity contribution in [2.75, 3.05) is 13.2 Å². The van der Waals surface area contributed by atoms with E-state index in [-0.39, 0.29) is 12.5 Å². The number of rotatable bonds is 7. The van der Waals surface area contributed by atoms with Crippen LogP contribution in [0.5, 0.6) is 0 Å². The molecule has 5 nitrogen and oxygen atoms in total. The largest absolute Gasteiger partial charge is 0.448 e. The van der Waals surface area contributed by atoms with E-state index in [0.29, 0.717) is 36.3 Å². The van der Waals surface area contributed by atoms with Gasteiger partial charge in [-0.15, -0.1) is 0 Å². The van der Waals surface area contributed by atoms with Gasteiger partial charge in [0.25, 0.3) is 5.91 Å². The monoisotopic (exact) mass is 254 g/mol. The summed E-state index contributed by atoms with van der Waals surface area (Å²) in [4.78, 5) is 15.7. The topological polar surface area (TPSA) is 75.4 Å². The maximum Gasteiger partial charge on any atom is 0.273 e. The highest BCUT2D eigenvalue weighted by Crippen LogP contribution is 2.14. The molecule has 1 aromatic heterocycles. The highest BCUT2D eigenvalue weighted by molar-refractivity contribution is 5.92. The summed E-state index contributed by atoms with van der Waals surface area (Å²) in [6, 6.07) is 0. The van der Waals surface area contributed by atoms with Crippen LogP contribution < -0.4 is 5.32 Å². The van der Waals surface area contributed by atoms with Crippen LogP contribution in [0, 0.1) is 18.8 Å². The van der Waals surface area contributed by atoms with Crippen molar-refractivity contribution in [3.05, 3.63) is 17.8 Å². The number of hydrogen-bond acceptors (Lipinski definition) is 4. The predicted octanol–water partition coefficient (Wildman–Crippen LogP) is 1.76. The molecule has 5 heteroatoms. The van der Waals surface area contributed by atoms with Crippen molar-refractivity contribution in [1.82, 2.24) is 10.3 Å². The molecule has 0 fully saturated rings. The standard InChI is InChI=1S/C13H22N2O3/c1-9(2)6-11(4-5-16)7-14-13(17)12-10(3)18-8-15-12/h8-9,11,16H,4-7H2,1-3H3,(H,14,17). The van der Waals surface area contributed by atoms with Crippen LogP contribution in [0.25, 0.3) is 0 Å². The Balaban J connectivity index is 2.46. The number of aliphatic hydroxyl groups is 1. The minimum absolute atomic E-state index is 0.149. The summed E-state index contributed by atoms with van der Waals surface area (Å²) in [7, 11) is 0. The zero-order valence-electron chi connectivity index (χ0n) is 11.3. The first-order valence-electron chi connectivity index (χ1n) is 6.33. The molecule has 1 atom stereocenters. The van der Waals surface area contributed by atoms with Gasteiger partial charge in [0.15, 0.2) is 12.1 Å². The first-order chi connectivity index (χ1) is 8.54. The maximum absolute atomic E-state index is 11.8. The zero-order valence-corrected chi connectivity index (χ0v) is 11.3. The molecule has 1 heterocycles. The second kappa shape index (κ2) is 7.16. The number of nitrogens with one attached hydrogen (secondary N) is 1. The lowest BCUT2D eigenvalue weighted by molar-refractivity contribution is 0.0935. The SMILES string of the molecule is Cc1ocnc1C(=O)NCC(CCO)CC(C)C. The zero-order chi connectivity index (χ0) is 13.5. The van der Waals surface area contributed by atoms with Gasteiger partial charge < -0.3 is 14.8 Å². The Morgan fingerprint density at radius 3 is 2.78 bits per heavy atom. The van der Waals surface area contributed by atoms with E-state index in [1.807, 2.05) is 0 Å². The minimum Gasteiger partial charge on any atom is -0.448 e. The lowest BCUT2D eigenvalue weighted by Crippen LogP contribution is -2.31. The Hall–Kier alpha value is -1.36. The molecule has 0 aromatic carbocycles. The molecule has 102 valence electrons. The van der Waals surface area contributed by atoms with Crippen molar-refractivity contribution in [2.45, 2.75) is 33.6 Å². The van der Waals surface area contributed by atoms with Gasteiger partial charge in [-0.1, -0.05) is 13.8 Å². The van der Waals surface area contributed by atoms with Gasteiger partial charge in [-0.25, -0.2) is 4.98 Å². The van der Waals surface area contributed by atoms with Crippen molar-refractivity contribution in [1.29, 1.82) is 0 Å². The third-order valence-corrected chi connectivity index (χ3v) is 2.85. The van der Waals surface area contributed by atoms with Crippen LogP contribution in [-0.2, 0) is 0 Å². The van der Waals surface area contributed by atoms with E-state index >= 15 is 0 Å². The Morgan fingerprint density at radius 2 is 2.28 bits per heavy atom. The van der Waals surface area contributed by atoms with Crippen molar-refractivity contribution in [2.24, 2.45) is 11.8 Å². The molecule has 1 amide bonds. The lowest BCUT2D eigenvalue weighted by atomic mass is 9.94. The van der Waals surface area contributed by atoms with Crippen molar-refractivity contribution < 1.29 is 14.3 Å². The molecule has 0 aliphatic carbocycles. The third kappa shape index (κ3) is 4.49. The molecule has 0 aliphatic heterocycles. The smallest absolute Gasteiger partial charge is 0.273 e. The van der Waals surface area contributed by atoms with Gasteiger partial charge in [0.05, 0.1) is 0 Å². The molecule has 0 saturated heterocycles. The predicted molar refractivity (Wildman–Crippen MR) is 68.2 cm³/mol. The second-order valence-electron chi connectivity index (χ2n) is 4.98. The van der Waals surface area contributed by atoms with Gasteiger partial charge in [-0.3, -0.25) is 4.79 Å². The Labute approximate surface area is 108 Å². The molecule has 0 saturated carbocycles. The fourth-order valence-electron chi connectivity index (χ4n) is 2.00. The first kappa shape index (κ1) is 14.7. The Kier molecular flexibility index (Phi) is 5.85. The number of oxazole rings is 1. The van der Waals surface area contributed by atoms with Gasteiger partial charge in [0.2, 0.25) is 0 Å². The summed E-state index contributed by atoms with van der Waals surface area (Å²) in [6.45, 7) is 6.68. The van der Waals surface area contributed by atoms with Crippen molar-refractivity contribution in [3.8, 4) is 0 Å². The van der Waals surface area contributed by atoms with Gasteiger partial charge in [-0.2, -0.15) is 0 Å². The molecular formula is C13H22N2O3. The van der Waals surface area contributed by atoms with Crippen LogP contribution in [0.3, 0.4) is 0 Å². The number of carbonyl (C=O) groups is 1. The van der Waals surface area contributed by atoms with E-state index < -0.39 is 0 Å². The molecule has 1 rings (SSSR count). The van der Waals surface area contributed by atoms with Gasteiger partial charge in [0.1, 0.15) is 5.76 Å². The van der Waals surface area contributed by atoms with Crippen LogP contribution in [0.1, 0.15) is 42.9 Å². The van der Waals surface area contributed by atoms with E-state index in [2.05, 4.69) is 24.1 Å². The molecule has 0 spiro atoms. The minimum atomic E-state index is -0.215. The van der Waals surface area contributed by atoms with Crippen molar-refractivity contribution in [3.63, 3.8) is 0 Å². The highest BCUT2D eigenvalue weighted by atomic mass is 16.3. The number of hydrogen-bond donors (Lipinski definition) is 2. The molecule has 0 bridgehead atoms. The van der Waals surface area contributed by atoms with Crippen LogP contribution in [0.4, 0.5) is 0 Å². The Bertz CT molecular complexity index is 374. The number of carbonyl (C=O) groups excluding carboxylic acids is 1. The quantitative estimate of drug-likeness (QED) is 0.777.